The van der Waals surface area contributed by atoms with E-state index < -0.39 is 5.60 Å². The summed E-state index contributed by atoms with van der Waals surface area (Å²) in [4.78, 5) is 30.7. The molecule has 2 fully saturated rings. The summed E-state index contributed by atoms with van der Waals surface area (Å²) in [5, 5.41) is 0. The molecule has 178 valence electrons. The van der Waals surface area contributed by atoms with E-state index in [1.807, 2.05) is 66.0 Å². The van der Waals surface area contributed by atoms with Crippen molar-refractivity contribution in [1.29, 1.82) is 0 Å². The Labute approximate surface area is 204 Å². The Bertz CT molecular complexity index is 1350. The van der Waals surface area contributed by atoms with Crippen LogP contribution < -0.4 is 4.90 Å². The van der Waals surface area contributed by atoms with Gasteiger partial charge in [-0.15, -0.1) is 0 Å². The average molecular weight is 469 g/mol. The van der Waals surface area contributed by atoms with E-state index >= 15 is 0 Å². The molecule has 5 heterocycles. The molecular weight excluding hydrogens is 440 g/mol. The van der Waals surface area contributed by atoms with Crippen molar-refractivity contribution in [2.45, 2.75) is 44.4 Å². The number of benzene rings is 1. The number of pyridine rings is 1. The molecule has 6 rings (SSSR count). The number of hydrogen-bond acceptors (Lipinski definition) is 6. The van der Waals surface area contributed by atoms with Crippen LogP contribution in [0.2, 0.25) is 0 Å². The molecule has 8 nitrogen and oxygen atoms in total. The van der Waals surface area contributed by atoms with Gasteiger partial charge in [-0.05, 0) is 50.5 Å². The first-order valence-electron chi connectivity index (χ1n) is 12.1. The number of rotatable bonds is 4. The van der Waals surface area contributed by atoms with Crippen LogP contribution in [0.4, 0.5) is 10.5 Å². The molecule has 1 aromatic carbocycles. The normalized spacial score (nSPS) is 20.4. The molecule has 2 aliphatic rings. The molecule has 0 spiro atoms. The molecule has 0 aliphatic carbocycles. The van der Waals surface area contributed by atoms with Gasteiger partial charge in [-0.3, -0.25) is 14.5 Å². The van der Waals surface area contributed by atoms with Crippen LogP contribution in [0.1, 0.15) is 38.3 Å². The molecule has 0 radical (unpaired) electrons. The third-order valence-corrected chi connectivity index (χ3v) is 7.13. The first kappa shape index (κ1) is 21.6. The molecule has 4 aromatic rings. The first-order chi connectivity index (χ1) is 17.0. The highest BCUT2D eigenvalue weighted by molar-refractivity contribution is 5.80. The zero-order valence-corrected chi connectivity index (χ0v) is 19.9. The number of fused-ring (bicyclic) bond motifs is 1. The molecule has 0 N–H and O–H groups in total. The second-order valence-electron chi connectivity index (χ2n) is 9.74. The van der Waals surface area contributed by atoms with Crippen molar-refractivity contribution in [3.63, 3.8) is 0 Å². The lowest BCUT2D eigenvalue weighted by Gasteiger charge is -2.40. The van der Waals surface area contributed by atoms with Crippen molar-refractivity contribution in [2.75, 3.05) is 18.0 Å². The largest absolute Gasteiger partial charge is 0.441 e. The van der Waals surface area contributed by atoms with Crippen LogP contribution in [0.3, 0.4) is 0 Å². The van der Waals surface area contributed by atoms with Crippen LogP contribution in [0.25, 0.3) is 17.0 Å². The van der Waals surface area contributed by atoms with Gasteiger partial charge in [-0.25, -0.2) is 14.8 Å². The third kappa shape index (κ3) is 3.79. The monoisotopic (exact) mass is 468 g/mol. The summed E-state index contributed by atoms with van der Waals surface area (Å²) < 4.78 is 7.80. The van der Waals surface area contributed by atoms with E-state index in [4.69, 9.17) is 4.74 Å². The van der Waals surface area contributed by atoms with Crippen LogP contribution in [-0.2, 0) is 4.74 Å². The van der Waals surface area contributed by atoms with Crippen LogP contribution >= 0.6 is 0 Å². The highest BCUT2D eigenvalue weighted by Gasteiger charge is 2.51. The fourth-order valence-electron chi connectivity index (χ4n) is 5.50. The van der Waals surface area contributed by atoms with E-state index in [-0.39, 0.29) is 18.2 Å². The molecule has 1 atom stereocenters. The SMILES string of the molecule is CC1(C)OC(=O)N(C2CCN(c3cnc4ccn(-c5ncccn5)c4c3)CC2)[C@H]1c1ccccc1. The Balaban J connectivity index is 1.23. The van der Waals surface area contributed by atoms with Crippen molar-refractivity contribution in [3.05, 3.63) is 78.9 Å². The van der Waals surface area contributed by atoms with E-state index in [0.717, 1.165) is 48.2 Å². The van der Waals surface area contributed by atoms with Crippen LogP contribution in [0.15, 0.2) is 73.3 Å². The summed E-state index contributed by atoms with van der Waals surface area (Å²) >= 11 is 0. The zero-order chi connectivity index (χ0) is 24.0. The standard InChI is InChI=1S/C27H28N6O2/c1-27(2)24(19-7-4-3-5-8-19)33(26(34)35-27)20-9-14-31(15-10-20)21-17-23-22(30-18-21)11-16-32(23)25-28-12-6-13-29-25/h3-8,11-13,16-18,20,24H,9-10,14-15H2,1-2H3/t24-/m0/s1. The number of amides is 1. The quantitative estimate of drug-likeness (QED) is 0.430. The van der Waals surface area contributed by atoms with Crippen molar-refractivity contribution < 1.29 is 9.53 Å². The Kier molecular flexibility index (Phi) is 5.16. The summed E-state index contributed by atoms with van der Waals surface area (Å²) in [6.07, 6.45) is 8.88. The Morgan fingerprint density at radius 2 is 1.71 bits per heavy atom. The van der Waals surface area contributed by atoms with Crippen molar-refractivity contribution in [2.24, 2.45) is 0 Å². The van der Waals surface area contributed by atoms with Gasteiger partial charge >= 0.3 is 6.09 Å². The summed E-state index contributed by atoms with van der Waals surface area (Å²) in [6, 6.07) is 16.2. The maximum atomic E-state index is 13.0. The summed E-state index contributed by atoms with van der Waals surface area (Å²) in [7, 11) is 0. The van der Waals surface area contributed by atoms with Crippen LogP contribution in [0, 0.1) is 0 Å². The number of carbonyl (C=O) groups excluding carboxylic acids is 1. The lowest BCUT2D eigenvalue weighted by Crippen LogP contribution is -2.47. The van der Waals surface area contributed by atoms with E-state index in [2.05, 4.69) is 38.1 Å². The summed E-state index contributed by atoms with van der Waals surface area (Å²) in [6.45, 7) is 5.69. The lowest BCUT2D eigenvalue weighted by atomic mass is 9.89. The maximum Gasteiger partial charge on any atom is 0.411 e. The number of cyclic esters (lactones) is 1. The molecule has 8 heteroatoms. The van der Waals surface area contributed by atoms with Gasteiger partial charge in [0, 0.05) is 37.7 Å². The summed E-state index contributed by atoms with van der Waals surface area (Å²) in [5.74, 6) is 0.627. The number of aromatic nitrogens is 4. The Morgan fingerprint density at radius 3 is 2.46 bits per heavy atom. The van der Waals surface area contributed by atoms with Gasteiger partial charge in [0.05, 0.1) is 29.0 Å². The maximum absolute atomic E-state index is 13.0. The molecule has 0 bridgehead atoms. The van der Waals surface area contributed by atoms with Gasteiger partial charge in [0.25, 0.3) is 0 Å². The van der Waals surface area contributed by atoms with Crippen LogP contribution in [0.5, 0.6) is 0 Å². The van der Waals surface area contributed by atoms with Gasteiger partial charge in [0.2, 0.25) is 5.95 Å². The van der Waals surface area contributed by atoms with Crippen molar-refractivity contribution in [3.8, 4) is 5.95 Å². The number of carbonyl (C=O) groups is 1. The number of nitrogens with zero attached hydrogens (tertiary/aromatic N) is 6. The molecule has 2 saturated heterocycles. The molecular formula is C27H28N6O2. The zero-order valence-electron chi connectivity index (χ0n) is 19.9. The van der Waals surface area contributed by atoms with Gasteiger partial charge in [0.15, 0.2) is 0 Å². The van der Waals surface area contributed by atoms with Crippen LogP contribution in [-0.4, -0.2) is 55.2 Å². The number of anilines is 1. The van der Waals surface area contributed by atoms with E-state index in [1.165, 1.54) is 0 Å². The predicted octanol–water partition coefficient (Wildman–Crippen LogP) is 4.76. The van der Waals surface area contributed by atoms with Gasteiger partial charge in [-0.2, -0.15) is 0 Å². The van der Waals surface area contributed by atoms with E-state index in [1.54, 1.807) is 12.4 Å². The van der Waals surface area contributed by atoms with Crippen molar-refractivity contribution in [1.82, 2.24) is 24.4 Å². The van der Waals surface area contributed by atoms with Gasteiger partial charge in [0.1, 0.15) is 5.60 Å². The average Bonchev–Trinajstić information content (AvgIpc) is 3.41. The van der Waals surface area contributed by atoms with Gasteiger partial charge < -0.3 is 9.64 Å². The molecule has 0 saturated carbocycles. The lowest BCUT2D eigenvalue weighted by molar-refractivity contribution is 0.0666. The smallest absolute Gasteiger partial charge is 0.411 e. The number of ether oxygens (including phenoxy) is 1. The topological polar surface area (TPSA) is 76.4 Å². The molecule has 0 unspecified atom stereocenters. The predicted molar refractivity (Wildman–Crippen MR) is 133 cm³/mol. The molecule has 2 aliphatic heterocycles. The second-order valence-corrected chi connectivity index (χ2v) is 9.74. The minimum atomic E-state index is -0.574. The molecule has 3 aromatic heterocycles. The highest BCUT2D eigenvalue weighted by Crippen LogP contribution is 2.44. The number of piperidine rings is 1. The van der Waals surface area contributed by atoms with E-state index in [0.29, 0.717) is 5.95 Å². The number of hydrogen-bond donors (Lipinski definition) is 0. The third-order valence-electron chi connectivity index (χ3n) is 7.13. The van der Waals surface area contributed by atoms with Gasteiger partial charge in [-0.1, -0.05) is 30.3 Å². The second kappa shape index (κ2) is 8.37. The Morgan fingerprint density at radius 1 is 0.971 bits per heavy atom. The van der Waals surface area contributed by atoms with E-state index in [9.17, 15) is 4.79 Å². The summed E-state index contributed by atoms with van der Waals surface area (Å²) in [5.41, 5.74) is 3.49. The van der Waals surface area contributed by atoms with Crippen molar-refractivity contribution >= 4 is 22.8 Å². The Hall–Kier alpha value is -3.94. The fraction of sp³-hybridized carbons (Fsp3) is 0.333. The molecule has 1 amide bonds. The first-order valence-corrected chi connectivity index (χ1v) is 12.1. The highest BCUT2D eigenvalue weighted by atomic mass is 16.6. The fourth-order valence-corrected chi connectivity index (χ4v) is 5.50. The minimum absolute atomic E-state index is 0.0973. The minimum Gasteiger partial charge on any atom is -0.441 e. The molecule has 35 heavy (non-hydrogen) atoms.